The number of rotatable bonds is 5. The molecule has 7 nitrogen and oxygen atoms in total. The highest BCUT2D eigenvalue weighted by Gasteiger charge is 2.20. The number of hydrogen-bond donors (Lipinski definition) is 3. The zero-order chi connectivity index (χ0) is 22.2. The summed E-state index contributed by atoms with van der Waals surface area (Å²) in [7, 11) is -3.84. The van der Waals surface area contributed by atoms with Gasteiger partial charge in [-0.2, -0.15) is 5.10 Å². The van der Waals surface area contributed by atoms with Crippen molar-refractivity contribution in [1.82, 2.24) is 15.2 Å². The van der Waals surface area contributed by atoms with Gasteiger partial charge in [-0.15, -0.1) is 0 Å². The highest BCUT2D eigenvalue weighted by molar-refractivity contribution is 7.99. The monoisotopic (exact) mass is 454 g/mol. The van der Waals surface area contributed by atoms with Crippen LogP contribution in [-0.4, -0.2) is 28.7 Å². The second-order valence-corrected chi connectivity index (χ2v) is 10.8. The van der Waals surface area contributed by atoms with Crippen molar-refractivity contribution in [3.8, 4) is 5.75 Å². The van der Waals surface area contributed by atoms with Gasteiger partial charge < -0.3 is 5.11 Å². The summed E-state index contributed by atoms with van der Waals surface area (Å²) < 4.78 is 28.9. The minimum Gasteiger partial charge on any atom is -0.506 e. The highest BCUT2D eigenvalue weighted by Crippen LogP contribution is 2.42. The van der Waals surface area contributed by atoms with Crippen LogP contribution in [0.25, 0.3) is 10.8 Å². The van der Waals surface area contributed by atoms with Gasteiger partial charge in [0.05, 0.1) is 15.5 Å². The maximum Gasteiger partial charge on any atom is 0.261 e. The van der Waals surface area contributed by atoms with Gasteiger partial charge in [0.25, 0.3) is 10.0 Å². The minimum atomic E-state index is -3.84. The van der Waals surface area contributed by atoms with Crippen molar-refractivity contribution in [2.24, 2.45) is 0 Å². The molecule has 0 saturated carbocycles. The number of nitrogens with zero attached hydrogens (tertiary/aromatic N) is 2. The molecule has 0 amide bonds. The van der Waals surface area contributed by atoms with E-state index in [1.54, 1.807) is 42.5 Å². The van der Waals surface area contributed by atoms with Crippen molar-refractivity contribution in [2.75, 3.05) is 4.72 Å². The summed E-state index contributed by atoms with van der Waals surface area (Å²) in [5, 5.41) is 18.9. The van der Waals surface area contributed by atoms with Gasteiger partial charge in [-0.05, 0) is 40.9 Å². The molecule has 31 heavy (non-hydrogen) atoms. The number of benzene rings is 3. The minimum absolute atomic E-state index is 0.0504. The number of anilines is 1. The Labute approximate surface area is 185 Å². The van der Waals surface area contributed by atoms with E-state index in [1.165, 1.54) is 6.33 Å². The fourth-order valence-corrected chi connectivity index (χ4v) is 5.04. The van der Waals surface area contributed by atoms with Crippen molar-refractivity contribution >= 4 is 38.2 Å². The second-order valence-electron chi connectivity index (χ2n) is 8.09. The molecule has 9 heteroatoms. The lowest BCUT2D eigenvalue weighted by Crippen LogP contribution is -2.15. The standard InChI is InChI=1S/C22H22N4O3S2/c1-22(2,3)14-8-10-15(11-9-14)31(28,29)26-18-12-19(30-21-23-13-24-25-21)20(27)17-7-5-4-6-16(17)18/h4-13,26-27H,1-3H3,(H,23,24,25). The van der Waals surface area contributed by atoms with Crippen molar-refractivity contribution < 1.29 is 13.5 Å². The summed E-state index contributed by atoms with van der Waals surface area (Å²) in [5.41, 5.74) is 1.35. The van der Waals surface area contributed by atoms with E-state index in [0.29, 0.717) is 26.5 Å². The molecule has 0 unspecified atom stereocenters. The molecule has 0 spiro atoms. The SMILES string of the molecule is CC(C)(C)c1ccc(S(=O)(=O)Nc2cc(Sc3ncn[nH]3)c(O)c3ccccc23)cc1. The molecule has 4 aromatic rings. The highest BCUT2D eigenvalue weighted by atomic mass is 32.2. The Balaban J connectivity index is 1.75. The quantitative estimate of drug-likeness (QED) is 0.370. The van der Waals surface area contributed by atoms with E-state index in [0.717, 1.165) is 17.3 Å². The topological polar surface area (TPSA) is 108 Å². The van der Waals surface area contributed by atoms with Gasteiger partial charge >= 0.3 is 0 Å². The number of phenolic OH excluding ortho intramolecular Hbond substituents is 1. The lowest BCUT2D eigenvalue weighted by molar-refractivity contribution is 0.469. The number of aromatic amines is 1. The molecule has 0 aliphatic rings. The number of hydrogen-bond acceptors (Lipinski definition) is 6. The summed E-state index contributed by atoms with van der Waals surface area (Å²) in [6.45, 7) is 6.22. The van der Waals surface area contributed by atoms with Crippen molar-refractivity contribution in [1.29, 1.82) is 0 Å². The van der Waals surface area contributed by atoms with E-state index in [9.17, 15) is 13.5 Å². The largest absolute Gasteiger partial charge is 0.506 e. The van der Waals surface area contributed by atoms with Crippen molar-refractivity contribution in [3.63, 3.8) is 0 Å². The van der Waals surface area contributed by atoms with Crippen LogP contribution in [0.3, 0.4) is 0 Å². The summed E-state index contributed by atoms with van der Waals surface area (Å²) in [4.78, 5) is 4.68. The van der Waals surface area contributed by atoms with Gasteiger partial charge in [-0.3, -0.25) is 9.82 Å². The molecule has 160 valence electrons. The van der Waals surface area contributed by atoms with Crippen LogP contribution in [-0.2, 0) is 15.4 Å². The molecule has 0 radical (unpaired) electrons. The first-order valence-corrected chi connectivity index (χ1v) is 11.9. The third kappa shape index (κ3) is 4.38. The van der Waals surface area contributed by atoms with E-state index >= 15 is 0 Å². The maximum atomic E-state index is 13.1. The molecular weight excluding hydrogens is 432 g/mol. The fraction of sp³-hybridized carbons (Fsp3) is 0.182. The Bertz CT molecular complexity index is 1330. The van der Waals surface area contributed by atoms with E-state index in [2.05, 4.69) is 40.7 Å². The van der Waals surface area contributed by atoms with Crippen LogP contribution < -0.4 is 4.72 Å². The Morgan fingerprint density at radius 3 is 2.32 bits per heavy atom. The number of nitrogens with one attached hydrogen (secondary N) is 2. The van der Waals surface area contributed by atoms with Crippen LogP contribution in [0.4, 0.5) is 5.69 Å². The number of fused-ring (bicyclic) bond motifs is 1. The summed E-state index contributed by atoms with van der Waals surface area (Å²) in [6, 6.07) is 15.6. The van der Waals surface area contributed by atoms with Crippen LogP contribution >= 0.6 is 11.8 Å². The lowest BCUT2D eigenvalue weighted by atomic mass is 9.87. The third-order valence-electron chi connectivity index (χ3n) is 4.86. The molecule has 0 fully saturated rings. The molecule has 1 aromatic heterocycles. The number of sulfonamides is 1. The van der Waals surface area contributed by atoms with Gasteiger partial charge in [-0.25, -0.2) is 13.4 Å². The Morgan fingerprint density at radius 1 is 1.03 bits per heavy atom. The smallest absolute Gasteiger partial charge is 0.261 e. The summed E-state index contributed by atoms with van der Waals surface area (Å²) in [5.74, 6) is 0.0504. The molecule has 0 atom stereocenters. The fourth-order valence-electron chi connectivity index (χ4n) is 3.18. The van der Waals surface area contributed by atoms with Crippen LogP contribution in [0.5, 0.6) is 5.75 Å². The van der Waals surface area contributed by atoms with Gasteiger partial charge in [0, 0.05) is 10.8 Å². The van der Waals surface area contributed by atoms with Crippen molar-refractivity contribution in [3.05, 3.63) is 66.5 Å². The summed E-state index contributed by atoms with van der Waals surface area (Å²) in [6.07, 6.45) is 1.37. The van der Waals surface area contributed by atoms with Gasteiger partial charge in [0.1, 0.15) is 12.1 Å². The summed E-state index contributed by atoms with van der Waals surface area (Å²) >= 11 is 1.16. The molecular formula is C22H22N4O3S2. The van der Waals surface area contributed by atoms with E-state index in [4.69, 9.17) is 0 Å². The molecule has 4 rings (SSSR count). The zero-order valence-electron chi connectivity index (χ0n) is 17.2. The molecule has 3 N–H and O–H groups in total. The van der Waals surface area contributed by atoms with E-state index in [-0.39, 0.29) is 16.1 Å². The van der Waals surface area contributed by atoms with Crippen LogP contribution in [0.15, 0.2) is 75.9 Å². The molecule has 0 bridgehead atoms. The lowest BCUT2D eigenvalue weighted by Gasteiger charge is -2.19. The van der Waals surface area contributed by atoms with E-state index in [1.807, 2.05) is 12.1 Å². The average molecular weight is 455 g/mol. The van der Waals surface area contributed by atoms with Gasteiger partial charge in [0.2, 0.25) is 0 Å². The molecule has 3 aromatic carbocycles. The average Bonchev–Trinajstić information content (AvgIpc) is 3.24. The maximum absolute atomic E-state index is 13.1. The Morgan fingerprint density at radius 2 is 1.71 bits per heavy atom. The van der Waals surface area contributed by atoms with Gasteiger partial charge in [-0.1, -0.05) is 57.2 Å². The predicted molar refractivity (Wildman–Crippen MR) is 122 cm³/mol. The number of aromatic hydroxyl groups is 1. The van der Waals surface area contributed by atoms with Crippen LogP contribution in [0.2, 0.25) is 0 Å². The molecule has 1 heterocycles. The second kappa shape index (κ2) is 7.90. The first-order chi connectivity index (χ1) is 14.6. The number of aromatic nitrogens is 3. The van der Waals surface area contributed by atoms with Crippen LogP contribution in [0, 0.1) is 0 Å². The van der Waals surface area contributed by atoms with Crippen molar-refractivity contribution in [2.45, 2.75) is 41.1 Å². The molecule has 0 saturated heterocycles. The Hall–Kier alpha value is -3.04. The molecule has 0 aliphatic carbocycles. The van der Waals surface area contributed by atoms with Crippen LogP contribution in [0.1, 0.15) is 26.3 Å². The zero-order valence-corrected chi connectivity index (χ0v) is 18.9. The van der Waals surface area contributed by atoms with Gasteiger partial charge in [0.15, 0.2) is 5.16 Å². The number of H-pyrrole nitrogens is 1. The first kappa shape index (κ1) is 21.2. The first-order valence-electron chi connectivity index (χ1n) is 9.56. The predicted octanol–water partition coefficient (Wildman–Crippen LogP) is 4.91. The normalized spacial score (nSPS) is 12.2. The Kier molecular flexibility index (Phi) is 5.40. The number of phenols is 1. The molecule has 0 aliphatic heterocycles. The third-order valence-corrected chi connectivity index (χ3v) is 7.16. The van der Waals surface area contributed by atoms with E-state index < -0.39 is 10.0 Å².